The maximum absolute atomic E-state index is 14.3. The lowest BCUT2D eigenvalue weighted by Crippen LogP contribution is -2.54. The Morgan fingerprint density at radius 1 is 0.969 bits per heavy atom. The van der Waals surface area contributed by atoms with Crippen LogP contribution in [-0.2, 0) is 57.8 Å². The van der Waals surface area contributed by atoms with Gasteiger partial charge in [0.25, 0.3) is 17.7 Å². The van der Waals surface area contributed by atoms with E-state index in [1.807, 2.05) is 82.2 Å². The molecule has 1 aromatic carbocycles. The highest BCUT2D eigenvalue weighted by molar-refractivity contribution is 7.97. The summed E-state index contributed by atoms with van der Waals surface area (Å²) in [5.41, 5.74) is 1.35. The molecule has 0 spiro atoms. The zero-order chi connectivity index (χ0) is 47.8. The SMILES string of the molecule is CCC(C)C(C(CC(=O)N1CCCC1C(OC)C(C)C(=O)N[C@@H](Cc1ccccc1)C(=O)NSCCCn1cc(CN2C(=O)C=CC2=O)nn1)OC)N(C)C(=O)CN=C(N(C)C)N(C)C. The molecule has 358 valence electrons. The van der Waals surface area contributed by atoms with Crippen LogP contribution < -0.4 is 10.0 Å². The lowest BCUT2D eigenvalue weighted by Gasteiger charge is -2.39. The van der Waals surface area contributed by atoms with Gasteiger partial charge in [-0.25, -0.2) is 4.99 Å². The molecule has 1 aromatic heterocycles. The number of carbonyl (C=O) groups is 6. The van der Waals surface area contributed by atoms with Crippen LogP contribution in [0.4, 0.5) is 0 Å². The van der Waals surface area contributed by atoms with Crippen molar-refractivity contribution < 1.29 is 38.2 Å². The molecule has 2 aliphatic rings. The van der Waals surface area contributed by atoms with E-state index in [-0.39, 0.29) is 67.3 Å². The molecule has 65 heavy (non-hydrogen) atoms. The Morgan fingerprint density at radius 2 is 1.65 bits per heavy atom. The second-order valence-corrected chi connectivity index (χ2v) is 17.9. The number of hydrogen-bond acceptors (Lipinski definition) is 12. The Morgan fingerprint density at radius 3 is 2.26 bits per heavy atom. The number of amides is 6. The fourth-order valence-electron chi connectivity index (χ4n) is 8.38. The standard InChI is InChI=1S/C45H69N11O8S/c1-11-30(2)41(53(8)40(60)27-46-45(51(4)5)52(6)7)36(63-9)26-39(59)55-23-15-19-35(55)42(64-10)31(3)43(61)47-34(25-32-17-13-12-14-18-32)44(62)49-65-24-16-22-54-28-33(48-50-54)29-56-37(57)20-21-38(56)58/h12-14,17-18,20-21,28,30-31,34-36,41-42H,11,15-16,19,22-27,29H2,1-10H3,(H,47,61)(H,49,62)/t30?,31?,34-,35?,36?,41?,42?/m0/s1. The molecule has 7 atom stereocenters. The predicted molar refractivity (Wildman–Crippen MR) is 248 cm³/mol. The molecule has 2 aromatic rings. The Bertz CT molecular complexity index is 1950. The van der Waals surface area contributed by atoms with Gasteiger partial charge in [0.05, 0.1) is 49.4 Å². The molecule has 6 amide bonds. The molecule has 1 saturated heterocycles. The fraction of sp³-hybridized carbons (Fsp3) is 0.622. The van der Waals surface area contributed by atoms with E-state index in [0.717, 1.165) is 23.3 Å². The number of methoxy groups -OCH3 is 2. The van der Waals surface area contributed by atoms with E-state index in [9.17, 15) is 28.8 Å². The first-order valence-electron chi connectivity index (χ1n) is 22.2. The van der Waals surface area contributed by atoms with Crippen LogP contribution in [0.3, 0.4) is 0 Å². The summed E-state index contributed by atoms with van der Waals surface area (Å²) in [6.45, 7) is 6.79. The van der Waals surface area contributed by atoms with Crippen molar-refractivity contribution in [1.82, 2.24) is 49.5 Å². The molecule has 2 N–H and O–H groups in total. The van der Waals surface area contributed by atoms with E-state index in [0.29, 0.717) is 43.3 Å². The van der Waals surface area contributed by atoms with E-state index >= 15 is 0 Å². The normalized spacial score (nSPS) is 17.5. The molecule has 3 heterocycles. The number of rotatable bonds is 24. The van der Waals surface area contributed by atoms with Gasteiger partial charge in [-0.15, -0.1) is 5.10 Å². The van der Waals surface area contributed by atoms with Gasteiger partial charge in [-0.05, 0) is 30.7 Å². The largest absolute Gasteiger partial charge is 0.379 e. The van der Waals surface area contributed by atoms with Crippen molar-refractivity contribution in [2.45, 2.75) is 103 Å². The maximum atomic E-state index is 14.3. The van der Waals surface area contributed by atoms with Crippen LogP contribution in [0.5, 0.6) is 0 Å². The molecule has 0 saturated carbocycles. The fourth-order valence-corrected chi connectivity index (χ4v) is 9.04. The molecule has 0 aliphatic carbocycles. The molecule has 4 rings (SSSR count). The van der Waals surface area contributed by atoms with Gasteiger partial charge in [0.1, 0.15) is 18.3 Å². The zero-order valence-electron chi connectivity index (χ0n) is 39.6. The molecule has 0 bridgehead atoms. The third-order valence-corrected chi connectivity index (χ3v) is 12.8. The van der Waals surface area contributed by atoms with E-state index in [1.54, 1.807) is 41.8 Å². The Kier molecular flexibility index (Phi) is 20.4. The molecular formula is C45H69N11O8S. The molecule has 6 unspecified atom stereocenters. The van der Waals surface area contributed by atoms with Gasteiger partial charge in [0, 0.05) is 86.9 Å². The number of likely N-dealkylation sites (N-methyl/N-ethyl adjacent to an activating group) is 1. The highest BCUT2D eigenvalue weighted by atomic mass is 32.2. The zero-order valence-corrected chi connectivity index (χ0v) is 40.5. The van der Waals surface area contributed by atoms with Gasteiger partial charge in [0.2, 0.25) is 17.7 Å². The highest BCUT2D eigenvalue weighted by Gasteiger charge is 2.42. The van der Waals surface area contributed by atoms with Gasteiger partial charge < -0.3 is 34.4 Å². The molecule has 0 radical (unpaired) electrons. The lowest BCUT2D eigenvalue weighted by molar-refractivity contribution is -0.145. The first-order valence-corrected chi connectivity index (χ1v) is 23.2. The molecule has 20 heteroatoms. The van der Waals surface area contributed by atoms with Gasteiger partial charge in [-0.2, -0.15) is 0 Å². The number of aryl methyl sites for hydroxylation is 1. The van der Waals surface area contributed by atoms with Crippen LogP contribution in [0, 0.1) is 11.8 Å². The third kappa shape index (κ3) is 14.6. The predicted octanol–water partition coefficient (Wildman–Crippen LogP) is 1.98. The smallest absolute Gasteiger partial charge is 0.253 e. The van der Waals surface area contributed by atoms with Crippen LogP contribution in [-0.4, -0.2) is 180 Å². The van der Waals surface area contributed by atoms with Crippen molar-refractivity contribution in [2.24, 2.45) is 16.8 Å². The third-order valence-electron chi connectivity index (χ3n) is 12.0. The average molecular weight is 924 g/mol. The molecular weight excluding hydrogens is 855 g/mol. The van der Waals surface area contributed by atoms with Gasteiger partial charge >= 0.3 is 0 Å². The lowest BCUT2D eigenvalue weighted by atomic mass is 9.90. The van der Waals surface area contributed by atoms with E-state index in [4.69, 9.17) is 9.47 Å². The van der Waals surface area contributed by atoms with E-state index in [2.05, 4.69) is 25.3 Å². The summed E-state index contributed by atoms with van der Waals surface area (Å²) in [6, 6.07) is 7.72. The summed E-state index contributed by atoms with van der Waals surface area (Å²) < 4.78 is 16.5. The van der Waals surface area contributed by atoms with Crippen molar-refractivity contribution in [2.75, 3.05) is 68.3 Å². The van der Waals surface area contributed by atoms with E-state index in [1.165, 1.54) is 31.2 Å². The number of hydrogen-bond donors (Lipinski definition) is 2. The summed E-state index contributed by atoms with van der Waals surface area (Å²) in [5, 5.41) is 11.1. The van der Waals surface area contributed by atoms with Gasteiger partial charge in [0.15, 0.2) is 5.96 Å². The quantitative estimate of drug-likeness (QED) is 0.0509. The summed E-state index contributed by atoms with van der Waals surface area (Å²) in [6.07, 6.45) is 5.86. The molecule has 1 fully saturated rings. The monoisotopic (exact) mass is 924 g/mol. The van der Waals surface area contributed by atoms with Gasteiger partial charge in [-0.1, -0.05) is 74.7 Å². The van der Waals surface area contributed by atoms with Crippen LogP contribution in [0.1, 0.15) is 64.1 Å². The average Bonchev–Trinajstić information content (AvgIpc) is 4.03. The van der Waals surface area contributed by atoms with Crippen molar-refractivity contribution >= 4 is 53.4 Å². The van der Waals surface area contributed by atoms with Crippen molar-refractivity contribution in [3.63, 3.8) is 0 Å². The van der Waals surface area contributed by atoms with E-state index < -0.39 is 36.3 Å². The minimum atomic E-state index is -0.898. The Balaban J connectivity index is 1.37. The number of ether oxygens (including phenoxy) is 2. The number of guanidine groups is 1. The number of imide groups is 1. The second kappa shape index (κ2) is 25.4. The number of aromatic nitrogens is 3. The number of nitrogens with one attached hydrogen (secondary N) is 2. The Hall–Kier alpha value is -5.34. The maximum Gasteiger partial charge on any atom is 0.253 e. The van der Waals surface area contributed by atoms with Crippen LogP contribution >= 0.6 is 11.9 Å². The number of likely N-dealkylation sites (tertiary alicyclic amines) is 1. The van der Waals surface area contributed by atoms with Crippen LogP contribution in [0.15, 0.2) is 53.7 Å². The van der Waals surface area contributed by atoms with Gasteiger partial charge in [-0.3, -0.25) is 43.1 Å². The highest BCUT2D eigenvalue weighted by Crippen LogP contribution is 2.29. The van der Waals surface area contributed by atoms with Crippen molar-refractivity contribution in [3.05, 3.63) is 59.9 Å². The second-order valence-electron chi connectivity index (χ2n) is 17.0. The molecule has 2 aliphatic heterocycles. The number of nitrogens with zero attached hydrogens (tertiary/aromatic N) is 9. The summed E-state index contributed by atoms with van der Waals surface area (Å²) in [4.78, 5) is 92.2. The number of aliphatic imine (C=N–C) groups is 1. The number of benzene rings is 1. The Labute approximate surface area is 387 Å². The summed E-state index contributed by atoms with van der Waals surface area (Å²) in [7, 11) is 12.3. The first kappa shape index (κ1) is 52.3. The van der Waals surface area contributed by atoms with Crippen molar-refractivity contribution in [1.29, 1.82) is 0 Å². The minimum Gasteiger partial charge on any atom is -0.379 e. The van der Waals surface area contributed by atoms with Crippen LogP contribution in [0.2, 0.25) is 0 Å². The number of carbonyl (C=O) groups excluding carboxylic acids is 6. The first-order chi connectivity index (χ1) is 31.0. The minimum absolute atomic E-state index is 0.0117. The topological polar surface area (TPSA) is 204 Å². The van der Waals surface area contributed by atoms with Crippen molar-refractivity contribution in [3.8, 4) is 0 Å². The summed E-state index contributed by atoms with van der Waals surface area (Å²) in [5.74, 6) is -1.39. The summed E-state index contributed by atoms with van der Waals surface area (Å²) >= 11 is 1.22. The van der Waals surface area contributed by atoms with Crippen LogP contribution in [0.25, 0.3) is 0 Å². The molecule has 19 nitrogen and oxygen atoms in total.